The van der Waals surface area contributed by atoms with Gasteiger partial charge in [-0.05, 0) is 77.3 Å². The normalized spacial score (nSPS) is 44.7. The van der Waals surface area contributed by atoms with Gasteiger partial charge in [-0.1, -0.05) is 62.2 Å². The Morgan fingerprint density at radius 3 is 2.74 bits per heavy atom. The maximum absolute atomic E-state index is 15.9. The highest BCUT2D eigenvalue weighted by Gasteiger charge is 2.79. The molecule has 5 nitrogen and oxygen atoms in total. The number of allylic oxidation sites excluding steroid dienone is 4. The number of aliphatic hydroxyl groups excluding tert-OH is 1. The molecule has 210 valence electrons. The van der Waals surface area contributed by atoms with Gasteiger partial charge in [-0.2, -0.15) is 0 Å². The van der Waals surface area contributed by atoms with Crippen LogP contribution in [0.4, 0.5) is 4.39 Å². The van der Waals surface area contributed by atoms with Gasteiger partial charge in [0.2, 0.25) is 0 Å². The number of carbonyl (C=O) groups excluding carboxylic acids is 2. The number of esters is 1. The van der Waals surface area contributed by atoms with Crippen molar-refractivity contribution in [1.82, 2.24) is 4.90 Å². The zero-order valence-electron chi connectivity index (χ0n) is 22.6. The monoisotopic (exact) mass is 575 g/mol. The summed E-state index contributed by atoms with van der Waals surface area (Å²) >= 11 is 12.2. The van der Waals surface area contributed by atoms with Crippen LogP contribution in [0.3, 0.4) is 0 Å². The molecule has 4 fully saturated rings. The molecule has 0 radical (unpaired) electrons. The Bertz CT molecular complexity index is 1280. The lowest BCUT2D eigenvalue weighted by Crippen LogP contribution is -2.65. The van der Waals surface area contributed by atoms with Crippen LogP contribution >= 0.6 is 23.2 Å². The SMILES string of the molecule is CC12C=CC(=O)C=C1C(F)CC1C2C(O)CC2(C)C1(C)CC1CN(Cc3cccc(Cl)c3)CC12C(=O)OCCl. The smallest absolute Gasteiger partial charge is 0.315 e. The molecule has 3 saturated carbocycles. The van der Waals surface area contributed by atoms with Gasteiger partial charge in [0.1, 0.15) is 6.17 Å². The Labute approximate surface area is 239 Å². The van der Waals surface area contributed by atoms with Crippen molar-refractivity contribution in [2.75, 3.05) is 19.2 Å². The maximum Gasteiger partial charge on any atom is 0.315 e. The number of likely N-dealkylation sites (tertiary alicyclic amines) is 1. The van der Waals surface area contributed by atoms with Gasteiger partial charge in [-0.15, -0.1) is 0 Å². The predicted octanol–water partition coefficient (Wildman–Crippen LogP) is 5.72. The molecule has 9 unspecified atom stereocenters. The van der Waals surface area contributed by atoms with Crippen molar-refractivity contribution in [3.63, 3.8) is 0 Å². The second kappa shape index (κ2) is 9.14. The number of carbonyl (C=O) groups is 2. The van der Waals surface area contributed by atoms with Crippen LogP contribution in [0.1, 0.15) is 45.6 Å². The van der Waals surface area contributed by atoms with Gasteiger partial charge in [-0.3, -0.25) is 14.5 Å². The van der Waals surface area contributed by atoms with Crippen molar-refractivity contribution >= 4 is 35.0 Å². The van der Waals surface area contributed by atoms with E-state index in [1.54, 1.807) is 0 Å². The minimum absolute atomic E-state index is 0.0281. The fraction of sp³-hybridized carbons (Fsp3) is 0.613. The Balaban J connectivity index is 1.41. The van der Waals surface area contributed by atoms with E-state index in [1.165, 1.54) is 12.2 Å². The first-order valence-electron chi connectivity index (χ1n) is 13.9. The molecule has 5 aliphatic rings. The molecule has 8 heteroatoms. The molecule has 1 aromatic rings. The lowest BCUT2D eigenvalue weighted by molar-refractivity contribution is -0.200. The summed E-state index contributed by atoms with van der Waals surface area (Å²) < 4.78 is 21.5. The summed E-state index contributed by atoms with van der Waals surface area (Å²) in [5.41, 5.74) is -1.17. The van der Waals surface area contributed by atoms with Crippen molar-refractivity contribution in [3.8, 4) is 0 Å². The van der Waals surface area contributed by atoms with Gasteiger partial charge in [0.15, 0.2) is 11.8 Å². The first-order chi connectivity index (χ1) is 18.4. The molecule has 1 N–H and O–H groups in total. The maximum atomic E-state index is 15.9. The minimum atomic E-state index is -1.28. The zero-order chi connectivity index (χ0) is 28.0. The second-order valence-corrected chi connectivity index (χ2v) is 13.8. The Morgan fingerprint density at radius 2 is 2.03 bits per heavy atom. The van der Waals surface area contributed by atoms with Crippen molar-refractivity contribution < 1.29 is 23.8 Å². The van der Waals surface area contributed by atoms with Gasteiger partial charge in [0.25, 0.3) is 0 Å². The van der Waals surface area contributed by atoms with Crippen LogP contribution in [0, 0.1) is 39.4 Å². The van der Waals surface area contributed by atoms with E-state index in [0.29, 0.717) is 36.7 Å². The van der Waals surface area contributed by atoms with E-state index >= 15 is 4.39 Å². The summed E-state index contributed by atoms with van der Waals surface area (Å²) in [6.45, 7) is 8.09. The fourth-order valence-corrected chi connectivity index (χ4v) is 10.3. The van der Waals surface area contributed by atoms with Crippen LogP contribution in [0.15, 0.2) is 48.1 Å². The summed E-state index contributed by atoms with van der Waals surface area (Å²) in [6.07, 6.45) is 4.06. The number of nitrogens with zero attached hydrogens (tertiary/aromatic N) is 1. The molecule has 4 aliphatic carbocycles. The van der Waals surface area contributed by atoms with Crippen LogP contribution in [-0.2, 0) is 20.9 Å². The second-order valence-electron chi connectivity index (χ2n) is 13.2. The quantitative estimate of drug-likeness (QED) is 0.367. The van der Waals surface area contributed by atoms with Crippen LogP contribution in [-0.4, -0.2) is 53.2 Å². The molecular formula is C31H36Cl2FNO4. The van der Waals surface area contributed by atoms with E-state index in [0.717, 1.165) is 12.0 Å². The largest absolute Gasteiger partial charge is 0.449 e. The molecule has 39 heavy (non-hydrogen) atoms. The van der Waals surface area contributed by atoms with Crippen molar-refractivity contribution in [2.24, 2.45) is 39.4 Å². The Morgan fingerprint density at radius 1 is 1.26 bits per heavy atom. The molecule has 6 rings (SSSR count). The van der Waals surface area contributed by atoms with Crippen LogP contribution in [0.25, 0.3) is 0 Å². The van der Waals surface area contributed by atoms with E-state index in [-0.39, 0.29) is 42.0 Å². The standard InChI is InChI=1S/C31H36Cl2FNO4/c1-28-8-7-21(36)10-22(28)24(34)11-23-26(28)25(37)13-30(3)29(23,2)12-19-15-35(14-18-5-4-6-20(33)9-18)16-31(19,30)27(38)39-17-32/h4-10,19,23-26,37H,11-17H2,1-3H3. The van der Waals surface area contributed by atoms with E-state index in [9.17, 15) is 14.7 Å². The van der Waals surface area contributed by atoms with Crippen molar-refractivity contribution in [2.45, 2.75) is 58.9 Å². The Kier molecular flexibility index (Phi) is 6.43. The molecule has 0 bridgehead atoms. The average Bonchev–Trinajstić information content (AvgIpc) is 3.30. The lowest BCUT2D eigenvalue weighted by Gasteiger charge is -2.65. The van der Waals surface area contributed by atoms with Crippen molar-refractivity contribution in [3.05, 3.63) is 58.7 Å². The lowest BCUT2D eigenvalue weighted by atomic mass is 9.40. The average molecular weight is 577 g/mol. The summed E-state index contributed by atoms with van der Waals surface area (Å²) in [5, 5.41) is 12.6. The Hall–Kier alpha value is -1.73. The van der Waals surface area contributed by atoms with E-state index < -0.39 is 33.9 Å². The van der Waals surface area contributed by atoms with Gasteiger partial charge in [0.05, 0.1) is 11.5 Å². The number of halogens is 3. The molecule has 1 aliphatic heterocycles. The zero-order valence-corrected chi connectivity index (χ0v) is 24.1. The molecule has 9 atom stereocenters. The number of aliphatic hydroxyl groups is 1. The van der Waals surface area contributed by atoms with E-state index in [4.69, 9.17) is 27.9 Å². The van der Waals surface area contributed by atoms with Gasteiger partial charge < -0.3 is 9.84 Å². The molecule has 0 amide bonds. The summed E-state index contributed by atoms with van der Waals surface area (Å²) in [5.74, 6) is -0.979. The number of ketones is 1. The number of benzene rings is 1. The number of fused-ring (bicyclic) bond motifs is 7. The molecule has 0 aromatic heterocycles. The van der Waals surface area contributed by atoms with Crippen LogP contribution in [0.2, 0.25) is 5.02 Å². The van der Waals surface area contributed by atoms with Crippen molar-refractivity contribution in [1.29, 1.82) is 0 Å². The summed E-state index contributed by atoms with van der Waals surface area (Å²) in [4.78, 5) is 28.4. The first kappa shape index (κ1) is 27.4. The van der Waals surface area contributed by atoms with Gasteiger partial charge in [-0.25, -0.2) is 4.39 Å². The molecule has 1 heterocycles. The molecule has 1 saturated heterocycles. The number of alkyl halides is 2. The number of hydrogen-bond donors (Lipinski definition) is 1. The molecule has 0 spiro atoms. The number of rotatable bonds is 4. The third kappa shape index (κ3) is 3.63. The highest BCUT2D eigenvalue weighted by atomic mass is 35.5. The van der Waals surface area contributed by atoms with Crippen LogP contribution in [0.5, 0.6) is 0 Å². The fourth-order valence-electron chi connectivity index (χ4n) is 9.97. The van der Waals surface area contributed by atoms with E-state index in [2.05, 4.69) is 18.7 Å². The van der Waals surface area contributed by atoms with Gasteiger partial charge in [0, 0.05) is 36.0 Å². The topological polar surface area (TPSA) is 66.8 Å². The third-order valence-corrected chi connectivity index (χ3v) is 12.0. The predicted molar refractivity (Wildman–Crippen MR) is 148 cm³/mol. The molecule has 1 aromatic carbocycles. The highest BCUT2D eigenvalue weighted by Crippen LogP contribution is 2.78. The summed E-state index contributed by atoms with van der Waals surface area (Å²) in [7, 11) is 0. The molecular weight excluding hydrogens is 540 g/mol. The first-order valence-corrected chi connectivity index (χ1v) is 14.8. The third-order valence-electron chi connectivity index (χ3n) is 11.7. The number of ether oxygens (including phenoxy) is 1. The van der Waals surface area contributed by atoms with Gasteiger partial charge >= 0.3 is 5.97 Å². The summed E-state index contributed by atoms with van der Waals surface area (Å²) in [6, 6.07) is 7.51. The minimum Gasteiger partial charge on any atom is -0.449 e. The van der Waals surface area contributed by atoms with E-state index in [1.807, 2.05) is 37.3 Å². The van der Waals surface area contributed by atoms with Crippen LogP contribution < -0.4 is 0 Å². The number of hydrogen-bond acceptors (Lipinski definition) is 5. The highest BCUT2D eigenvalue weighted by molar-refractivity contribution is 6.30.